The average Bonchev–Trinajstić information content (AvgIpc) is 3.42. The van der Waals surface area contributed by atoms with E-state index in [1.54, 1.807) is 65.8 Å². The van der Waals surface area contributed by atoms with Gasteiger partial charge in [0, 0.05) is 18.1 Å². The second-order valence-corrected chi connectivity index (χ2v) is 15.9. The van der Waals surface area contributed by atoms with Crippen LogP contribution in [0.4, 0.5) is 0 Å². The first-order chi connectivity index (χ1) is 24.5. The summed E-state index contributed by atoms with van der Waals surface area (Å²) in [7, 11) is 1.23. The van der Waals surface area contributed by atoms with Gasteiger partial charge in [0.15, 0.2) is 6.10 Å². The van der Waals surface area contributed by atoms with E-state index in [4.69, 9.17) is 4.74 Å². The molecule has 1 saturated heterocycles. The number of amides is 5. The number of ether oxygens (including phenoxy) is 1. The Kier molecular flexibility index (Phi) is 15.2. The third kappa shape index (κ3) is 11.3. The first-order valence-corrected chi connectivity index (χ1v) is 18.4. The molecule has 0 saturated carbocycles. The summed E-state index contributed by atoms with van der Waals surface area (Å²) in [6.07, 6.45) is -1.54. The molecule has 1 aliphatic rings. The summed E-state index contributed by atoms with van der Waals surface area (Å²) in [4.78, 5) is 81.1. The molecule has 52 heavy (non-hydrogen) atoms. The van der Waals surface area contributed by atoms with Crippen molar-refractivity contribution in [1.82, 2.24) is 26.2 Å². The Balaban J connectivity index is 1.88. The summed E-state index contributed by atoms with van der Waals surface area (Å²) in [5, 5.41) is 22.7. The SMILES string of the molecule is COC(=O)C(NC(=O)[C@H]1N(C(=O)[C@@H](O)[C@H](Cc2ccccc2)NC(=O)C(NC(=O)C(Cc2ccccc2)NC(C)=O)C(C)C)CSC1(C)C)C(C)C. The molecule has 2 aromatic carbocycles. The minimum atomic E-state index is -1.79. The maximum absolute atomic E-state index is 14.1. The first kappa shape index (κ1) is 42.0. The van der Waals surface area contributed by atoms with E-state index < -0.39 is 82.5 Å². The van der Waals surface area contributed by atoms with Gasteiger partial charge in [-0.1, -0.05) is 88.4 Å². The van der Waals surface area contributed by atoms with Crippen LogP contribution in [0.5, 0.6) is 0 Å². The number of aliphatic hydroxyl groups excluding tert-OH is 1. The van der Waals surface area contributed by atoms with Crippen molar-refractivity contribution >= 4 is 47.3 Å². The number of carbonyl (C=O) groups is 6. The second kappa shape index (κ2) is 18.9. The summed E-state index contributed by atoms with van der Waals surface area (Å²) >= 11 is 1.34. The van der Waals surface area contributed by atoms with Crippen LogP contribution in [0, 0.1) is 11.8 Å². The molecule has 5 amide bonds. The quantitative estimate of drug-likeness (QED) is 0.161. The summed E-state index contributed by atoms with van der Waals surface area (Å²) in [5.41, 5.74) is 1.54. The maximum atomic E-state index is 14.1. The lowest BCUT2D eigenvalue weighted by Gasteiger charge is -2.35. The summed E-state index contributed by atoms with van der Waals surface area (Å²) in [6, 6.07) is 12.9. The van der Waals surface area contributed by atoms with E-state index in [0.29, 0.717) is 0 Å². The Morgan fingerprint density at radius 2 is 1.35 bits per heavy atom. The van der Waals surface area contributed by atoms with E-state index in [9.17, 15) is 33.9 Å². The molecule has 1 aliphatic heterocycles. The summed E-state index contributed by atoms with van der Waals surface area (Å²) < 4.78 is 4.09. The third-order valence-corrected chi connectivity index (χ3v) is 10.4. The topological polar surface area (TPSA) is 183 Å². The molecule has 5 N–H and O–H groups in total. The Morgan fingerprint density at radius 1 is 0.808 bits per heavy atom. The fraction of sp³-hybridized carbons (Fsp3) is 0.526. The van der Waals surface area contributed by atoms with Crippen LogP contribution in [0.1, 0.15) is 59.6 Å². The zero-order valence-electron chi connectivity index (χ0n) is 31.2. The molecule has 14 heteroatoms. The van der Waals surface area contributed by atoms with Crippen molar-refractivity contribution in [3.05, 3.63) is 71.8 Å². The van der Waals surface area contributed by atoms with Gasteiger partial charge in [-0.3, -0.25) is 24.0 Å². The highest BCUT2D eigenvalue weighted by atomic mass is 32.2. The van der Waals surface area contributed by atoms with Crippen LogP contribution >= 0.6 is 11.8 Å². The molecule has 1 heterocycles. The Bertz CT molecular complexity index is 1550. The average molecular weight is 740 g/mol. The van der Waals surface area contributed by atoms with E-state index in [1.165, 1.54) is 30.7 Å². The molecule has 0 bridgehead atoms. The van der Waals surface area contributed by atoms with Crippen LogP contribution < -0.4 is 21.3 Å². The summed E-state index contributed by atoms with van der Waals surface area (Å²) in [6.45, 7) is 11.9. The van der Waals surface area contributed by atoms with E-state index in [-0.39, 0.29) is 24.6 Å². The molecular formula is C38H53N5O8S. The van der Waals surface area contributed by atoms with Crippen molar-refractivity contribution in [1.29, 1.82) is 0 Å². The maximum Gasteiger partial charge on any atom is 0.328 e. The number of esters is 1. The van der Waals surface area contributed by atoms with Gasteiger partial charge >= 0.3 is 5.97 Å². The van der Waals surface area contributed by atoms with Crippen LogP contribution in [0.2, 0.25) is 0 Å². The smallest absolute Gasteiger partial charge is 0.328 e. The van der Waals surface area contributed by atoms with E-state index in [0.717, 1.165) is 11.1 Å². The third-order valence-electron chi connectivity index (χ3n) is 8.98. The number of nitrogens with zero attached hydrogens (tertiary/aromatic N) is 1. The normalized spacial score (nSPS) is 18.1. The van der Waals surface area contributed by atoms with E-state index in [2.05, 4.69) is 21.3 Å². The first-order valence-electron chi connectivity index (χ1n) is 17.4. The van der Waals surface area contributed by atoms with Crippen LogP contribution in [0.15, 0.2) is 60.7 Å². The van der Waals surface area contributed by atoms with Gasteiger partial charge in [0.25, 0.3) is 5.91 Å². The number of hydrogen-bond acceptors (Lipinski definition) is 9. The lowest BCUT2D eigenvalue weighted by atomic mass is 9.95. The van der Waals surface area contributed by atoms with E-state index >= 15 is 0 Å². The predicted octanol–water partition coefficient (Wildman–Crippen LogP) is 1.96. The van der Waals surface area contributed by atoms with Crippen molar-refractivity contribution in [2.75, 3.05) is 13.0 Å². The molecule has 0 radical (unpaired) electrons. The number of carbonyl (C=O) groups excluding carboxylic acids is 6. The van der Waals surface area contributed by atoms with Crippen molar-refractivity contribution in [2.45, 2.75) is 102 Å². The monoisotopic (exact) mass is 739 g/mol. The highest BCUT2D eigenvalue weighted by molar-refractivity contribution is 8.00. The van der Waals surface area contributed by atoms with E-state index in [1.807, 2.05) is 36.4 Å². The number of benzene rings is 2. The molecule has 0 aliphatic carbocycles. The molecule has 13 nitrogen and oxygen atoms in total. The standard InChI is InChI=1S/C38H53N5O8S/c1-22(2)29(41-33(46)28(39-24(5)44)20-26-17-13-10-14-18-26)34(47)40-27(19-25-15-11-9-12-16-25)31(45)36(49)43-21-52-38(6,7)32(43)35(48)42-30(23(3)4)37(50)51-8/h9-18,22-23,27-32,45H,19-21H2,1-8H3,(H,39,44)(H,40,47)(H,41,46)(H,42,48)/t27-,28?,29?,30?,31-,32+/m0/s1. The number of methoxy groups -OCH3 is 1. The lowest BCUT2D eigenvalue weighted by Crippen LogP contribution is -2.62. The highest BCUT2D eigenvalue weighted by Crippen LogP contribution is 2.40. The van der Waals surface area contributed by atoms with Crippen molar-refractivity contribution < 1.29 is 38.6 Å². The lowest BCUT2D eigenvalue weighted by molar-refractivity contribution is -0.150. The van der Waals surface area contributed by atoms with Crippen molar-refractivity contribution in [3.63, 3.8) is 0 Å². The number of aliphatic hydroxyl groups is 1. The van der Waals surface area contributed by atoms with Gasteiger partial charge in [-0.2, -0.15) is 0 Å². The molecule has 2 aromatic rings. The number of nitrogens with one attached hydrogen (secondary N) is 4. The Morgan fingerprint density at radius 3 is 1.85 bits per heavy atom. The molecule has 3 rings (SSSR count). The van der Waals surface area contributed by atoms with Crippen LogP contribution in [-0.4, -0.2) is 99.6 Å². The largest absolute Gasteiger partial charge is 0.467 e. The predicted molar refractivity (Wildman–Crippen MR) is 199 cm³/mol. The van der Waals surface area contributed by atoms with Gasteiger partial charge in [0.05, 0.1) is 19.0 Å². The highest BCUT2D eigenvalue weighted by Gasteiger charge is 2.50. The van der Waals surface area contributed by atoms with Gasteiger partial charge < -0.3 is 36.0 Å². The van der Waals surface area contributed by atoms with Gasteiger partial charge in [0.1, 0.15) is 24.2 Å². The van der Waals surface area contributed by atoms with Gasteiger partial charge in [-0.15, -0.1) is 11.8 Å². The van der Waals surface area contributed by atoms with Crippen molar-refractivity contribution in [2.24, 2.45) is 11.8 Å². The molecular weight excluding hydrogens is 687 g/mol. The number of thioether (sulfide) groups is 1. The van der Waals surface area contributed by atoms with Gasteiger partial charge in [-0.05, 0) is 43.2 Å². The Hall–Kier alpha value is -4.43. The number of hydrogen-bond donors (Lipinski definition) is 5. The zero-order chi connectivity index (χ0) is 38.7. The fourth-order valence-electron chi connectivity index (χ4n) is 6.09. The molecule has 0 spiro atoms. The molecule has 0 aromatic heterocycles. The minimum Gasteiger partial charge on any atom is -0.467 e. The zero-order valence-corrected chi connectivity index (χ0v) is 32.0. The molecule has 284 valence electrons. The molecule has 1 fully saturated rings. The van der Waals surface area contributed by atoms with Crippen molar-refractivity contribution in [3.8, 4) is 0 Å². The van der Waals surface area contributed by atoms with Crippen LogP contribution in [0.3, 0.4) is 0 Å². The van der Waals surface area contributed by atoms with Gasteiger partial charge in [-0.25, -0.2) is 4.79 Å². The fourth-order valence-corrected chi connectivity index (χ4v) is 7.23. The molecule has 3 unspecified atom stereocenters. The second-order valence-electron chi connectivity index (χ2n) is 14.3. The van der Waals surface area contributed by atoms with Crippen LogP contribution in [0.25, 0.3) is 0 Å². The van der Waals surface area contributed by atoms with Crippen LogP contribution in [-0.2, 0) is 46.3 Å². The Labute approximate surface area is 310 Å². The van der Waals surface area contributed by atoms with Gasteiger partial charge in [0.2, 0.25) is 23.6 Å². The molecule has 6 atom stereocenters. The number of rotatable bonds is 16. The minimum absolute atomic E-state index is 0.0553. The summed E-state index contributed by atoms with van der Waals surface area (Å²) in [5.74, 6) is -4.23.